The highest BCUT2D eigenvalue weighted by Gasteiger charge is 2.35. The Hall–Kier alpha value is -4.73. The minimum Gasteiger partial charge on any atom is -0.453 e. The lowest BCUT2D eigenvalue weighted by molar-refractivity contribution is -0.126. The maximum Gasteiger partial charge on any atom is 0.407 e. The molecule has 3 amide bonds. The number of methoxy groups -OCH3 is 1. The molecule has 4 N–H and O–H groups in total. The van der Waals surface area contributed by atoms with Crippen LogP contribution in [0.15, 0.2) is 97.2 Å². The van der Waals surface area contributed by atoms with Crippen LogP contribution in [0.3, 0.4) is 0 Å². The number of pyridine rings is 1. The molecule has 0 saturated carbocycles. The first-order chi connectivity index (χ1) is 23.3. The minimum atomic E-state index is -1.07. The highest BCUT2D eigenvalue weighted by Crippen LogP contribution is 2.23. The molecule has 258 valence electrons. The van der Waals surface area contributed by atoms with Crippen molar-refractivity contribution in [2.75, 3.05) is 7.11 Å². The third-order valence-corrected chi connectivity index (χ3v) is 8.85. The van der Waals surface area contributed by atoms with Crippen molar-refractivity contribution in [2.45, 2.75) is 71.2 Å². The molecule has 1 aromatic heterocycles. The fourth-order valence-electron chi connectivity index (χ4n) is 5.67. The predicted octanol–water partition coefficient (Wildman–Crippen LogP) is 6.30. The number of halogens is 1. The topological polar surface area (TPSA) is 130 Å². The highest BCUT2D eigenvalue weighted by molar-refractivity contribution is 6.31. The Morgan fingerprint density at radius 3 is 2.14 bits per heavy atom. The van der Waals surface area contributed by atoms with Crippen molar-refractivity contribution in [1.29, 1.82) is 0 Å². The van der Waals surface area contributed by atoms with E-state index < -0.39 is 41.6 Å². The van der Waals surface area contributed by atoms with Crippen LogP contribution in [-0.4, -0.2) is 59.3 Å². The normalized spacial score (nSPS) is 13.8. The zero-order chi connectivity index (χ0) is 35.6. The number of ether oxygens (including phenoxy) is 1. The van der Waals surface area contributed by atoms with Gasteiger partial charge in [-0.1, -0.05) is 99.1 Å². The summed E-state index contributed by atoms with van der Waals surface area (Å²) in [6, 6.07) is 26.1. The molecule has 0 aliphatic heterocycles. The van der Waals surface area contributed by atoms with E-state index in [-0.39, 0.29) is 12.3 Å². The molecular formula is C39H45ClN4O5. The number of benzene rings is 3. The molecular weight excluding hydrogens is 640 g/mol. The SMILES string of the molecule is COC(=O)N[C@H](C(=O)N[C@@H](Cc1ccc(-c2ccccn2)cc1)C[C@H](O)[C@H](Cc1ccccc1)NC(=O)c1cccc(Cl)c1C)C(C)(C)C. The summed E-state index contributed by atoms with van der Waals surface area (Å²) in [4.78, 5) is 44.0. The van der Waals surface area contributed by atoms with Gasteiger partial charge in [0.25, 0.3) is 5.91 Å². The molecule has 10 heteroatoms. The largest absolute Gasteiger partial charge is 0.453 e. The summed E-state index contributed by atoms with van der Waals surface area (Å²) < 4.78 is 4.79. The van der Waals surface area contributed by atoms with Gasteiger partial charge >= 0.3 is 6.09 Å². The number of aromatic nitrogens is 1. The van der Waals surface area contributed by atoms with E-state index in [0.29, 0.717) is 29.0 Å². The van der Waals surface area contributed by atoms with E-state index >= 15 is 0 Å². The van der Waals surface area contributed by atoms with Gasteiger partial charge in [-0.15, -0.1) is 0 Å². The van der Waals surface area contributed by atoms with Gasteiger partial charge in [-0.2, -0.15) is 0 Å². The highest BCUT2D eigenvalue weighted by atomic mass is 35.5. The number of carbonyl (C=O) groups is 3. The van der Waals surface area contributed by atoms with Crippen molar-refractivity contribution in [2.24, 2.45) is 5.41 Å². The Morgan fingerprint density at radius 1 is 0.837 bits per heavy atom. The van der Waals surface area contributed by atoms with Gasteiger partial charge in [-0.05, 0) is 72.6 Å². The fourth-order valence-corrected chi connectivity index (χ4v) is 5.84. The first kappa shape index (κ1) is 37.1. The molecule has 0 aliphatic carbocycles. The predicted molar refractivity (Wildman–Crippen MR) is 192 cm³/mol. The van der Waals surface area contributed by atoms with E-state index in [1.165, 1.54) is 7.11 Å². The summed E-state index contributed by atoms with van der Waals surface area (Å²) in [5, 5.41) is 21.1. The van der Waals surface area contributed by atoms with Gasteiger partial charge in [0, 0.05) is 28.4 Å². The number of carbonyl (C=O) groups excluding carboxylic acids is 3. The third kappa shape index (κ3) is 10.6. The number of hydrogen-bond acceptors (Lipinski definition) is 6. The van der Waals surface area contributed by atoms with E-state index in [1.807, 2.05) is 93.6 Å². The molecule has 1 heterocycles. The molecule has 0 saturated heterocycles. The number of aliphatic hydroxyl groups excluding tert-OH is 1. The van der Waals surface area contributed by atoms with Crippen molar-refractivity contribution in [3.8, 4) is 11.3 Å². The van der Waals surface area contributed by atoms with Gasteiger partial charge in [0.15, 0.2) is 0 Å². The van der Waals surface area contributed by atoms with Crippen molar-refractivity contribution >= 4 is 29.5 Å². The lowest BCUT2D eigenvalue weighted by atomic mass is 9.85. The van der Waals surface area contributed by atoms with Crippen LogP contribution in [0.4, 0.5) is 4.79 Å². The zero-order valence-electron chi connectivity index (χ0n) is 28.6. The van der Waals surface area contributed by atoms with Crippen LogP contribution in [0.2, 0.25) is 5.02 Å². The summed E-state index contributed by atoms with van der Waals surface area (Å²) in [6.45, 7) is 7.31. The lowest BCUT2D eigenvalue weighted by Gasteiger charge is -2.33. The van der Waals surface area contributed by atoms with Crippen molar-refractivity contribution in [3.63, 3.8) is 0 Å². The summed E-state index contributed by atoms with van der Waals surface area (Å²) in [5.41, 5.74) is 4.04. The van der Waals surface area contributed by atoms with E-state index in [0.717, 1.165) is 22.4 Å². The van der Waals surface area contributed by atoms with Gasteiger partial charge in [0.1, 0.15) is 6.04 Å². The molecule has 0 bridgehead atoms. The van der Waals surface area contributed by atoms with Crippen LogP contribution in [-0.2, 0) is 22.4 Å². The molecule has 0 unspecified atom stereocenters. The number of hydrogen-bond donors (Lipinski definition) is 4. The van der Waals surface area contributed by atoms with Crippen molar-refractivity contribution in [3.05, 3.63) is 124 Å². The second-order valence-electron chi connectivity index (χ2n) is 13.2. The molecule has 0 aliphatic rings. The van der Waals surface area contributed by atoms with E-state index in [2.05, 4.69) is 20.9 Å². The van der Waals surface area contributed by atoms with Crippen LogP contribution in [0.25, 0.3) is 11.3 Å². The first-order valence-electron chi connectivity index (χ1n) is 16.3. The van der Waals surface area contributed by atoms with Crippen molar-refractivity contribution in [1.82, 2.24) is 20.9 Å². The standard InChI is InChI=1S/C39H45ClN4O5/c1-25-30(14-11-15-31(25)40)36(46)43-33(23-26-12-7-6-8-13-26)34(45)24-29(42-37(47)35(39(2,3)4)44-38(48)49-5)22-27-17-19-28(20-18-27)32-16-9-10-21-41-32/h6-21,29,33-35,45H,22-24H2,1-5H3,(H,42,47)(H,43,46)(H,44,48)/t29-,33-,34-,35+/m0/s1. The average molecular weight is 685 g/mol. The number of alkyl carbamates (subject to hydrolysis) is 1. The minimum absolute atomic E-state index is 0.106. The van der Waals surface area contributed by atoms with E-state index in [9.17, 15) is 19.5 Å². The Labute approximate surface area is 293 Å². The van der Waals surface area contributed by atoms with Gasteiger partial charge < -0.3 is 25.8 Å². The maximum absolute atomic E-state index is 13.8. The molecule has 0 fully saturated rings. The Bertz CT molecular complexity index is 1690. The number of nitrogens with one attached hydrogen (secondary N) is 3. The summed E-state index contributed by atoms with van der Waals surface area (Å²) in [7, 11) is 1.24. The monoisotopic (exact) mass is 684 g/mol. The van der Waals surface area contributed by atoms with Gasteiger partial charge in [0.05, 0.1) is 24.9 Å². The van der Waals surface area contributed by atoms with Crippen molar-refractivity contribution < 1.29 is 24.2 Å². The van der Waals surface area contributed by atoms with Crippen LogP contribution in [0, 0.1) is 12.3 Å². The molecule has 4 aromatic rings. The third-order valence-electron chi connectivity index (χ3n) is 8.44. The first-order valence-corrected chi connectivity index (χ1v) is 16.7. The van der Waals surface area contributed by atoms with Crippen LogP contribution in [0.1, 0.15) is 54.2 Å². The van der Waals surface area contributed by atoms with E-state index in [4.69, 9.17) is 16.3 Å². The Kier molecular flexibility index (Phi) is 12.9. The fraction of sp³-hybridized carbons (Fsp3) is 0.333. The number of aliphatic hydroxyl groups is 1. The summed E-state index contributed by atoms with van der Waals surface area (Å²) >= 11 is 6.32. The second kappa shape index (κ2) is 17.1. The lowest BCUT2D eigenvalue weighted by Crippen LogP contribution is -2.56. The molecule has 3 aromatic carbocycles. The number of nitrogens with zero attached hydrogens (tertiary/aromatic N) is 1. The molecule has 49 heavy (non-hydrogen) atoms. The Balaban J connectivity index is 1.63. The molecule has 4 rings (SSSR count). The Morgan fingerprint density at radius 2 is 1.51 bits per heavy atom. The van der Waals surface area contributed by atoms with E-state index in [1.54, 1.807) is 31.3 Å². The van der Waals surface area contributed by atoms with Crippen LogP contribution >= 0.6 is 11.6 Å². The van der Waals surface area contributed by atoms with Crippen LogP contribution in [0.5, 0.6) is 0 Å². The molecule has 0 radical (unpaired) electrons. The molecule has 0 spiro atoms. The molecule has 4 atom stereocenters. The average Bonchev–Trinajstić information content (AvgIpc) is 3.08. The smallest absolute Gasteiger partial charge is 0.407 e. The number of rotatable bonds is 13. The van der Waals surface area contributed by atoms with Gasteiger partial charge in [0.2, 0.25) is 5.91 Å². The zero-order valence-corrected chi connectivity index (χ0v) is 29.3. The number of amides is 3. The molecule has 9 nitrogen and oxygen atoms in total. The van der Waals surface area contributed by atoms with Gasteiger partial charge in [-0.3, -0.25) is 14.6 Å². The van der Waals surface area contributed by atoms with Crippen LogP contribution < -0.4 is 16.0 Å². The second-order valence-corrected chi connectivity index (χ2v) is 13.6. The van der Waals surface area contributed by atoms with Gasteiger partial charge in [-0.25, -0.2) is 4.79 Å². The summed E-state index contributed by atoms with van der Waals surface area (Å²) in [5.74, 6) is -0.779. The summed E-state index contributed by atoms with van der Waals surface area (Å²) in [6.07, 6.45) is 0.779. The maximum atomic E-state index is 13.8. The quantitative estimate of drug-likeness (QED) is 0.131.